The Morgan fingerprint density at radius 1 is 1.10 bits per heavy atom. The van der Waals surface area contributed by atoms with Crippen LogP contribution < -0.4 is 0 Å². The van der Waals surface area contributed by atoms with E-state index in [1.807, 2.05) is 28.8 Å². The first-order valence-electron chi connectivity index (χ1n) is 11.1. The van der Waals surface area contributed by atoms with Crippen LogP contribution in [0.4, 0.5) is 0 Å². The number of amides is 1. The minimum atomic E-state index is -0.0149. The quantitative estimate of drug-likeness (QED) is 0.520. The van der Waals surface area contributed by atoms with E-state index in [9.17, 15) is 4.79 Å². The molecule has 4 rings (SSSR count). The molecule has 0 fully saturated rings. The van der Waals surface area contributed by atoms with Crippen molar-refractivity contribution in [2.24, 2.45) is 0 Å². The van der Waals surface area contributed by atoms with Gasteiger partial charge in [-0.25, -0.2) is 4.98 Å². The van der Waals surface area contributed by atoms with Gasteiger partial charge in [-0.1, -0.05) is 38.8 Å². The fraction of sp³-hybridized carbons (Fsp3) is 0.478. The molecule has 8 heteroatoms. The van der Waals surface area contributed by atoms with Crippen LogP contribution in [0.1, 0.15) is 61.5 Å². The molecule has 0 N–H and O–H groups in total. The summed E-state index contributed by atoms with van der Waals surface area (Å²) in [5, 5.41) is 8.58. The SMILES string of the molecule is CCCCN(CCCC)Cc1nnc(-c2ncn3c2CN(C)C(=O)c2ccccc2-3)o1. The molecule has 0 atom stereocenters. The maximum absolute atomic E-state index is 12.8. The lowest BCUT2D eigenvalue weighted by Gasteiger charge is -2.19. The van der Waals surface area contributed by atoms with Crippen LogP contribution in [0.5, 0.6) is 0 Å². The number of unbranched alkanes of at least 4 members (excludes halogenated alkanes) is 2. The molecule has 0 radical (unpaired) electrons. The molecule has 1 aromatic carbocycles. The number of hydrogen-bond donors (Lipinski definition) is 0. The molecule has 8 nitrogen and oxygen atoms in total. The zero-order chi connectivity index (χ0) is 21.8. The van der Waals surface area contributed by atoms with Crippen molar-refractivity contribution in [1.82, 2.24) is 29.5 Å². The maximum Gasteiger partial charge on any atom is 0.268 e. The summed E-state index contributed by atoms with van der Waals surface area (Å²) in [6.45, 7) is 7.51. The highest BCUT2D eigenvalue weighted by Gasteiger charge is 2.28. The minimum Gasteiger partial charge on any atom is -0.418 e. The van der Waals surface area contributed by atoms with E-state index in [0.29, 0.717) is 36.1 Å². The van der Waals surface area contributed by atoms with Crippen molar-refractivity contribution in [3.63, 3.8) is 0 Å². The molecule has 3 aromatic rings. The van der Waals surface area contributed by atoms with E-state index in [1.165, 1.54) is 0 Å². The van der Waals surface area contributed by atoms with Gasteiger partial charge in [0.15, 0.2) is 5.69 Å². The Hall–Kier alpha value is -3.00. The lowest BCUT2D eigenvalue weighted by molar-refractivity contribution is 0.0788. The largest absolute Gasteiger partial charge is 0.418 e. The average molecular weight is 423 g/mol. The summed E-state index contributed by atoms with van der Waals surface area (Å²) in [5.74, 6) is 0.983. The molecule has 31 heavy (non-hydrogen) atoms. The molecule has 0 spiro atoms. The Morgan fingerprint density at radius 2 is 1.84 bits per heavy atom. The first-order chi connectivity index (χ1) is 15.1. The molecule has 1 aliphatic heterocycles. The topological polar surface area (TPSA) is 80.3 Å². The second kappa shape index (κ2) is 9.43. The Morgan fingerprint density at radius 3 is 2.58 bits per heavy atom. The number of hydrogen-bond acceptors (Lipinski definition) is 6. The third kappa shape index (κ3) is 4.39. The molecule has 0 unspecified atom stereocenters. The first kappa shape index (κ1) is 21.2. The number of carbonyl (C=O) groups is 1. The number of rotatable bonds is 9. The smallest absolute Gasteiger partial charge is 0.268 e. The van der Waals surface area contributed by atoms with E-state index in [1.54, 1.807) is 18.3 Å². The van der Waals surface area contributed by atoms with E-state index >= 15 is 0 Å². The lowest BCUT2D eigenvalue weighted by Crippen LogP contribution is -2.25. The monoisotopic (exact) mass is 422 g/mol. The van der Waals surface area contributed by atoms with Gasteiger partial charge in [0, 0.05) is 7.05 Å². The number of benzene rings is 1. The van der Waals surface area contributed by atoms with Crippen LogP contribution in [-0.4, -0.2) is 55.6 Å². The van der Waals surface area contributed by atoms with E-state index in [-0.39, 0.29) is 5.91 Å². The van der Waals surface area contributed by atoms with Gasteiger partial charge in [-0.15, -0.1) is 10.2 Å². The fourth-order valence-electron chi connectivity index (χ4n) is 3.92. The fourth-order valence-corrected chi connectivity index (χ4v) is 3.92. The molecule has 0 saturated carbocycles. The van der Waals surface area contributed by atoms with Crippen LogP contribution in [0.25, 0.3) is 17.3 Å². The van der Waals surface area contributed by atoms with E-state index < -0.39 is 0 Å². The Balaban J connectivity index is 1.61. The third-order valence-corrected chi connectivity index (χ3v) is 5.68. The maximum atomic E-state index is 12.8. The third-order valence-electron chi connectivity index (χ3n) is 5.68. The summed E-state index contributed by atoms with van der Waals surface area (Å²) in [5.41, 5.74) is 2.96. The van der Waals surface area contributed by atoms with Crippen LogP contribution >= 0.6 is 0 Å². The molecule has 0 aliphatic carbocycles. The average Bonchev–Trinajstić information content (AvgIpc) is 3.39. The number of fused-ring (bicyclic) bond motifs is 3. The standard InChI is InChI=1S/C23H30N6O2/c1-4-6-12-28(13-7-5-2)15-20-25-26-22(31-20)21-19-14-27(3)23(30)17-10-8-9-11-18(17)29(19)16-24-21/h8-11,16H,4-7,12-15H2,1-3H3. The van der Waals surface area contributed by atoms with Crippen molar-refractivity contribution in [1.29, 1.82) is 0 Å². The molecule has 1 amide bonds. The highest BCUT2D eigenvalue weighted by atomic mass is 16.4. The van der Waals surface area contributed by atoms with Crippen LogP contribution in [0, 0.1) is 0 Å². The predicted octanol–water partition coefficient (Wildman–Crippen LogP) is 3.91. The van der Waals surface area contributed by atoms with Gasteiger partial charge < -0.3 is 9.32 Å². The van der Waals surface area contributed by atoms with Crippen molar-refractivity contribution < 1.29 is 9.21 Å². The second-order valence-electron chi connectivity index (χ2n) is 8.07. The van der Waals surface area contributed by atoms with Crippen LogP contribution in [-0.2, 0) is 13.1 Å². The van der Waals surface area contributed by atoms with E-state index in [0.717, 1.165) is 50.2 Å². The van der Waals surface area contributed by atoms with Crippen molar-refractivity contribution in [3.05, 3.63) is 47.7 Å². The predicted molar refractivity (Wildman–Crippen MR) is 118 cm³/mol. The molecule has 0 bridgehead atoms. The summed E-state index contributed by atoms with van der Waals surface area (Å²) >= 11 is 0. The normalized spacial score (nSPS) is 13.4. The minimum absolute atomic E-state index is 0.0149. The summed E-state index contributed by atoms with van der Waals surface area (Å²) < 4.78 is 7.98. The molecule has 3 heterocycles. The highest BCUT2D eigenvalue weighted by Crippen LogP contribution is 2.30. The van der Waals surface area contributed by atoms with Crippen molar-refractivity contribution in [3.8, 4) is 17.3 Å². The van der Waals surface area contributed by atoms with Gasteiger partial charge in [0.1, 0.15) is 6.33 Å². The zero-order valence-corrected chi connectivity index (χ0v) is 18.5. The summed E-state index contributed by atoms with van der Waals surface area (Å²) in [7, 11) is 1.80. The number of imidazole rings is 1. The van der Waals surface area contributed by atoms with Gasteiger partial charge in [0.2, 0.25) is 5.89 Å². The van der Waals surface area contributed by atoms with Gasteiger partial charge in [-0.2, -0.15) is 0 Å². The van der Waals surface area contributed by atoms with Gasteiger partial charge in [-0.3, -0.25) is 14.3 Å². The zero-order valence-electron chi connectivity index (χ0n) is 18.5. The van der Waals surface area contributed by atoms with Crippen molar-refractivity contribution >= 4 is 5.91 Å². The highest BCUT2D eigenvalue weighted by molar-refractivity contribution is 5.98. The Kier molecular flexibility index (Phi) is 6.46. The van der Waals surface area contributed by atoms with Crippen molar-refractivity contribution in [2.75, 3.05) is 20.1 Å². The molecular weight excluding hydrogens is 392 g/mol. The number of aromatic nitrogens is 4. The first-order valence-corrected chi connectivity index (χ1v) is 11.1. The molecule has 164 valence electrons. The molecule has 0 saturated heterocycles. The van der Waals surface area contributed by atoms with Gasteiger partial charge in [0.25, 0.3) is 11.8 Å². The number of nitrogens with zero attached hydrogens (tertiary/aromatic N) is 6. The molecule has 1 aliphatic rings. The summed E-state index contributed by atoms with van der Waals surface area (Å²) in [4.78, 5) is 21.4. The van der Waals surface area contributed by atoms with E-state index in [4.69, 9.17) is 4.42 Å². The summed E-state index contributed by atoms with van der Waals surface area (Å²) in [6.07, 6.45) is 6.35. The van der Waals surface area contributed by atoms with Crippen LogP contribution in [0.3, 0.4) is 0 Å². The van der Waals surface area contributed by atoms with Gasteiger partial charge in [0.05, 0.1) is 30.0 Å². The molecular formula is C23H30N6O2. The Bertz CT molecular complexity index is 1030. The van der Waals surface area contributed by atoms with Gasteiger partial charge >= 0.3 is 0 Å². The Labute approximate surface area is 182 Å². The second-order valence-corrected chi connectivity index (χ2v) is 8.07. The number of para-hydroxylation sites is 1. The lowest BCUT2D eigenvalue weighted by atomic mass is 10.1. The summed E-state index contributed by atoms with van der Waals surface area (Å²) in [6, 6.07) is 7.57. The van der Waals surface area contributed by atoms with Gasteiger partial charge in [-0.05, 0) is 38.1 Å². The van der Waals surface area contributed by atoms with Crippen LogP contribution in [0.15, 0.2) is 35.0 Å². The van der Waals surface area contributed by atoms with E-state index in [2.05, 4.69) is 33.9 Å². The number of carbonyl (C=O) groups excluding carboxylic acids is 1. The van der Waals surface area contributed by atoms with Crippen molar-refractivity contribution in [2.45, 2.75) is 52.6 Å². The molecule has 2 aromatic heterocycles. The van der Waals surface area contributed by atoms with Crippen LogP contribution in [0.2, 0.25) is 0 Å².